The molecule has 34 heavy (non-hydrogen) atoms. The van der Waals surface area contributed by atoms with Gasteiger partial charge in [0.1, 0.15) is 5.75 Å². The summed E-state index contributed by atoms with van der Waals surface area (Å²) in [4.78, 5) is 34.1. The molecule has 2 heterocycles. The third-order valence-corrected chi connectivity index (χ3v) is 5.87. The number of benzene rings is 2. The number of ether oxygens (including phenoxy) is 1. The minimum Gasteiger partial charge on any atom is -0.497 e. The van der Waals surface area contributed by atoms with Gasteiger partial charge in [-0.05, 0) is 68.6 Å². The third kappa shape index (κ3) is 5.01. The fourth-order valence-corrected chi connectivity index (χ4v) is 3.82. The second-order valence-corrected chi connectivity index (χ2v) is 8.33. The van der Waals surface area contributed by atoms with Crippen LogP contribution in [0, 0.1) is 13.8 Å². The van der Waals surface area contributed by atoms with E-state index in [1.54, 1.807) is 60.2 Å². The summed E-state index contributed by atoms with van der Waals surface area (Å²) in [5.41, 5.74) is 4.11. The Hall–Kier alpha value is -3.92. The Bertz CT molecular complexity index is 1350. The van der Waals surface area contributed by atoms with Gasteiger partial charge in [-0.1, -0.05) is 11.8 Å². The molecular formula is C24H24N6O3S. The van der Waals surface area contributed by atoms with E-state index >= 15 is 0 Å². The van der Waals surface area contributed by atoms with Crippen molar-refractivity contribution in [1.29, 1.82) is 0 Å². The molecule has 4 rings (SSSR count). The predicted octanol–water partition coefficient (Wildman–Crippen LogP) is 3.91. The fraction of sp³-hybridized carbons (Fsp3) is 0.208. The molecule has 0 atom stereocenters. The Balaban J connectivity index is 1.41. The van der Waals surface area contributed by atoms with E-state index in [4.69, 9.17) is 4.74 Å². The van der Waals surface area contributed by atoms with E-state index in [0.717, 1.165) is 17.0 Å². The van der Waals surface area contributed by atoms with Crippen LogP contribution in [0.5, 0.6) is 5.75 Å². The van der Waals surface area contributed by atoms with Crippen molar-refractivity contribution in [2.75, 3.05) is 24.0 Å². The van der Waals surface area contributed by atoms with E-state index < -0.39 is 0 Å². The summed E-state index contributed by atoms with van der Waals surface area (Å²) in [5, 5.41) is 10.8. The molecule has 0 saturated heterocycles. The van der Waals surface area contributed by atoms with Crippen LogP contribution in [-0.2, 0) is 11.2 Å². The highest BCUT2D eigenvalue weighted by molar-refractivity contribution is 7.98. The van der Waals surface area contributed by atoms with Crippen molar-refractivity contribution < 1.29 is 14.3 Å². The normalized spacial score (nSPS) is 10.8. The standard InChI is InChI=1S/C24H24N6O3S/c1-14-20(15(2)30-23(25-14)28-24(29-30)34-4)13-21(31)26-17-7-5-16(6-8-17)22(32)27-18-9-11-19(33-3)12-10-18/h5-12H,13H2,1-4H3,(H,26,31)(H,27,32). The van der Waals surface area contributed by atoms with Gasteiger partial charge in [0.25, 0.3) is 11.7 Å². The predicted molar refractivity (Wildman–Crippen MR) is 132 cm³/mol. The Morgan fingerprint density at radius 1 is 0.971 bits per heavy atom. The van der Waals surface area contributed by atoms with Crippen molar-refractivity contribution in [3.05, 3.63) is 71.0 Å². The highest BCUT2D eigenvalue weighted by Gasteiger charge is 2.16. The van der Waals surface area contributed by atoms with E-state index in [0.29, 0.717) is 33.6 Å². The maximum absolute atomic E-state index is 12.7. The van der Waals surface area contributed by atoms with Gasteiger partial charge >= 0.3 is 0 Å². The van der Waals surface area contributed by atoms with Crippen LogP contribution in [0.2, 0.25) is 0 Å². The van der Waals surface area contributed by atoms with Gasteiger partial charge in [-0.2, -0.15) is 4.98 Å². The molecule has 2 aromatic heterocycles. The quantitative estimate of drug-likeness (QED) is 0.389. The molecule has 0 aliphatic carbocycles. The van der Waals surface area contributed by atoms with E-state index in [-0.39, 0.29) is 18.2 Å². The number of rotatable bonds is 7. The summed E-state index contributed by atoms with van der Waals surface area (Å²) >= 11 is 1.44. The minimum atomic E-state index is -0.244. The second kappa shape index (κ2) is 9.92. The Morgan fingerprint density at radius 3 is 2.26 bits per heavy atom. The molecule has 2 amide bonds. The van der Waals surface area contributed by atoms with Crippen LogP contribution in [-0.4, -0.2) is 44.8 Å². The summed E-state index contributed by atoms with van der Waals surface area (Å²) in [6, 6.07) is 13.8. The molecule has 0 radical (unpaired) electrons. The number of nitrogens with zero attached hydrogens (tertiary/aromatic N) is 4. The van der Waals surface area contributed by atoms with E-state index in [2.05, 4.69) is 25.7 Å². The number of anilines is 2. The number of nitrogens with one attached hydrogen (secondary N) is 2. The topological polar surface area (TPSA) is 111 Å². The molecule has 2 N–H and O–H groups in total. The molecule has 0 bridgehead atoms. The van der Waals surface area contributed by atoms with E-state index in [1.807, 2.05) is 20.1 Å². The van der Waals surface area contributed by atoms with Gasteiger partial charge in [0.2, 0.25) is 11.1 Å². The zero-order valence-corrected chi connectivity index (χ0v) is 20.1. The smallest absolute Gasteiger partial charge is 0.255 e. The van der Waals surface area contributed by atoms with Gasteiger partial charge in [-0.3, -0.25) is 9.59 Å². The maximum atomic E-state index is 12.7. The van der Waals surface area contributed by atoms with Crippen molar-refractivity contribution in [1.82, 2.24) is 19.6 Å². The van der Waals surface area contributed by atoms with Crippen molar-refractivity contribution in [2.45, 2.75) is 25.4 Å². The van der Waals surface area contributed by atoms with Gasteiger partial charge in [-0.25, -0.2) is 9.50 Å². The number of fused-ring (bicyclic) bond motifs is 1. The van der Waals surface area contributed by atoms with Crippen LogP contribution >= 0.6 is 11.8 Å². The fourth-order valence-electron chi connectivity index (χ4n) is 3.48. The molecule has 0 saturated carbocycles. The number of hydrogen-bond donors (Lipinski definition) is 2. The number of aromatic nitrogens is 4. The van der Waals surface area contributed by atoms with Crippen LogP contribution in [0.4, 0.5) is 11.4 Å². The lowest BCUT2D eigenvalue weighted by Crippen LogP contribution is -2.18. The highest BCUT2D eigenvalue weighted by atomic mass is 32.2. The van der Waals surface area contributed by atoms with Gasteiger partial charge in [0.15, 0.2) is 0 Å². The first-order valence-corrected chi connectivity index (χ1v) is 11.7. The van der Waals surface area contributed by atoms with Crippen LogP contribution in [0.3, 0.4) is 0 Å². The summed E-state index contributed by atoms with van der Waals surface area (Å²) in [7, 11) is 1.59. The zero-order valence-electron chi connectivity index (χ0n) is 19.2. The first-order valence-electron chi connectivity index (χ1n) is 10.5. The number of thioether (sulfide) groups is 1. The molecule has 0 aliphatic rings. The van der Waals surface area contributed by atoms with Crippen LogP contribution < -0.4 is 15.4 Å². The summed E-state index contributed by atoms with van der Waals surface area (Å²) < 4.78 is 6.78. The largest absolute Gasteiger partial charge is 0.497 e. The molecule has 0 unspecified atom stereocenters. The number of hydrogen-bond acceptors (Lipinski definition) is 7. The Kier molecular flexibility index (Phi) is 6.78. The first-order chi connectivity index (χ1) is 16.4. The van der Waals surface area contributed by atoms with Crippen molar-refractivity contribution >= 4 is 40.7 Å². The molecule has 4 aromatic rings. The summed E-state index contributed by atoms with van der Waals surface area (Å²) in [5.74, 6) is 0.802. The minimum absolute atomic E-state index is 0.148. The summed E-state index contributed by atoms with van der Waals surface area (Å²) in [6.07, 6.45) is 2.05. The number of carbonyl (C=O) groups is 2. The van der Waals surface area contributed by atoms with Gasteiger partial charge in [-0.15, -0.1) is 5.10 Å². The molecule has 9 nitrogen and oxygen atoms in total. The molecule has 0 aliphatic heterocycles. The lowest BCUT2D eigenvalue weighted by atomic mass is 10.1. The Morgan fingerprint density at radius 2 is 1.62 bits per heavy atom. The molecular weight excluding hydrogens is 452 g/mol. The van der Waals surface area contributed by atoms with Gasteiger partial charge in [0.05, 0.1) is 13.5 Å². The van der Waals surface area contributed by atoms with Crippen LogP contribution in [0.1, 0.15) is 27.3 Å². The van der Waals surface area contributed by atoms with Crippen molar-refractivity contribution in [2.24, 2.45) is 0 Å². The summed E-state index contributed by atoms with van der Waals surface area (Å²) in [6.45, 7) is 3.76. The number of amides is 2. The lowest BCUT2D eigenvalue weighted by molar-refractivity contribution is -0.115. The second-order valence-electron chi connectivity index (χ2n) is 7.56. The average molecular weight is 477 g/mol. The SMILES string of the molecule is COc1ccc(NC(=O)c2ccc(NC(=O)Cc3c(C)nc4nc(SC)nn4c3C)cc2)cc1. The Labute approximate surface area is 201 Å². The molecule has 2 aromatic carbocycles. The van der Waals surface area contributed by atoms with Crippen LogP contribution in [0.15, 0.2) is 53.7 Å². The monoisotopic (exact) mass is 476 g/mol. The highest BCUT2D eigenvalue weighted by Crippen LogP contribution is 2.19. The molecule has 0 fully saturated rings. The third-order valence-electron chi connectivity index (χ3n) is 5.33. The number of carbonyl (C=O) groups excluding carboxylic acids is 2. The number of methoxy groups -OCH3 is 1. The van der Waals surface area contributed by atoms with Crippen molar-refractivity contribution in [3.8, 4) is 5.75 Å². The van der Waals surface area contributed by atoms with E-state index in [9.17, 15) is 9.59 Å². The zero-order chi connectivity index (χ0) is 24.2. The van der Waals surface area contributed by atoms with Crippen LogP contribution in [0.25, 0.3) is 5.78 Å². The van der Waals surface area contributed by atoms with Gasteiger partial charge < -0.3 is 15.4 Å². The lowest BCUT2D eigenvalue weighted by Gasteiger charge is -2.11. The average Bonchev–Trinajstić information content (AvgIpc) is 3.26. The molecule has 10 heteroatoms. The first kappa shape index (κ1) is 23.2. The molecule has 174 valence electrons. The van der Waals surface area contributed by atoms with Crippen molar-refractivity contribution in [3.63, 3.8) is 0 Å². The van der Waals surface area contributed by atoms with Gasteiger partial charge in [0, 0.05) is 33.9 Å². The number of aryl methyl sites for hydroxylation is 2. The molecule has 0 spiro atoms. The maximum Gasteiger partial charge on any atom is 0.255 e. The van der Waals surface area contributed by atoms with E-state index in [1.165, 1.54) is 11.8 Å².